The molecule has 1 aliphatic heterocycles. The van der Waals surface area contributed by atoms with Crippen molar-refractivity contribution in [1.82, 2.24) is 20.0 Å². The number of aromatic nitrogens is 2. The summed E-state index contributed by atoms with van der Waals surface area (Å²) in [7, 11) is 1.93. The van der Waals surface area contributed by atoms with Crippen molar-refractivity contribution < 1.29 is 9.53 Å². The predicted octanol–water partition coefficient (Wildman–Crippen LogP) is 2.22. The predicted molar refractivity (Wildman–Crippen MR) is 85.6 cm³/mol. The third kappa shape index (κ3) is 4.47. The largest absolute Gasteiger partial charge is 0.444 e. The van der Waals surface area contributed by atoms with Crippen molar-refractivity contribution in [2.75, 3.05) is 13.1 Å². The first-order valence-electron chi connectivity index (χ1n) is 7.96. The Bertz CT molecular complexity index is 519. The van der Waals surface area contributed by atoms with E-state index in [-0.39, 0.29) is 12.1 Å². The van der Waals surface area contributed by atoms with E-state index in [2.05, 4.69) is 10.4 Å². The molecule has 0 saturated carbocycles. The summed E-state index contributed by atoms with van der Waals surface area (Å²) in [5, 5.41) is 7.78. The number of carbonyl (C=O) groups excluding carboxylic acids is 1. The highest BCUT2D eigenvalue weighted by Gasteiger charge is 2.31. The SMILES string of the molecule is Cc1nn(C)cc1CNCC1CCCN1C(=O)OC(C)(C)C. The third-order valence-corrected chi connectivity index (χ3v) is 3.82. The van der Waals surface area contributed by atoms with E-state index in [4.69, 9.17) is 4.74 Å². The molecule has 1 fully saturated rings. The summed E-state index contributed by atoms with van der Waals surface area (Å²) >= 11 is 0. The molecule has 2 heterocycles. The van der Waals surface area contributed by atoms with Gasteiger partial charge in [-0.3, -0.25) is 4.68 Å². The summed E-state index contributed by atoms with van der Waals surface area (Å²) in [6.45, 7) is 10.1. The molecule has 0 aromatic carbocycles. The van der Waals surface area contributed by atoms with Crippen molar-refractivity contribution >= 4 is 6.09 Å². The Morgan fingerprint density at radius 3 is 2.82 bits per heavy atom. The van der Waals surface area contributed by atoms with E-state index in [0.717, 1.165) is 38.2 Å². The number of ether oxygens (including phenoxy) is 1. The van der Waals surface area contributed by atoms with E-state index in [0.29, 0.717) is 0 Å². The van der Waals surface area contributed by atoms with Crippen LogP contribution in [0.15, 0.2) is 6.20 Å². The molecule has 1 unspecified atom stereocenters. The summed E-state index contributed by atoms with van der Waals surface area (Å²) in [5.74, 6) is 0. The van der Waals surface area contributed by atoms with Crippen LogP contribution in [0.2, 0.25) is 0 Å². The van der Waals surface area contributed by atoms with E-state index >= 15 is 0 Å². The molecule has 0 bridgehead atoms. The number of nitrogens with one attached hydrogen (secondary N) is 1. The van der Waals surface area contributed by atoms with Gasteiger partial charge in [0.05, 0.1) is 5.69 Å². The molecule has 1 saturated heterocycles. The molecule has 1 N–H and O–H groups in total. The maximum Gasteiger partial charge on any atom is 0.410 e. The van der Waals surface area contributed by atoms with Gasteiger partial charge in [0.1, 0.15) is 5.60 Å². The van der Waals surface area contributed by atoms with Crippen molar-refractivity contribution in [2.24, 2.45) is 7.05 Å². The second-order valence-electron chi connectivity index (χ2n) is 7.01. The highest BCUT2D eigenvalue weighted by Crippen LogP contribution is 2.20. The minimum atomic E-state index is -0.440. The maximum atomic E-state index is 12.2. The van der Waals surface area contributed by atoms with Crippen LogP contribution in [0.3, 0.4) is 0 Å². The van der Waals surface area contributed by atoms with Crippen molar-refractivity contribution in [3.63, 3.8) is 0 Å². The van der Waals surface area contributed by atoms with Crippen molar-refractivity contribution in [3.8, 4) is 0 Å². The quantitative estimate of drug-likeness (QED) is 0.926. The molecule has 1 aromatic heterocycles. The van der Waals surface area contributed by atoms with Crippen LogP contribution in [0, 0.1) is 6.92 Å². The molecule has 124 valence electrons. The number of carbonyl (C=O) groups is 1. The van der Waals surface area contributed by atoms with Gasteiger partial charge in [-0.25, -0.2) is 4.79 Å². The lowest BCUT2D eigenvalue weighted by atomic mass is 10.2. The molecule has 0 aliphatic carbocycles. The number of hydrogen-bond acceptors (Lipinski definition) is 4. The highest BCUT2D eigenvalue weighted by molar-refractivity contribution is 5.69. The molecule has 0 spiro atoms. The third-order valence-electron chi connectivity index (χ3n) is 3.82. The van der Waals surface area contributed by atoms with Crippen LogP contribution in [0.4, 0.5) is 4.79 Å². The summed E-state index contributed by atoms with van der Waals surface area (Å²) in [5.41, 5.74) is 1.81. The monoisotopic (exact) mass is 308 g/mol. The molecule has 22 heavy (non-hydrogen) atoms. The van der Waals surface area contributed by atoms with Crippen LogP contribution in [0.5, 0.6) is 0 Å². The maximum absolute atomic E-state index is 12.2. The highest BCUT2D eigenvalue weighted by atomic mass is 16.6. The molecule has 1 aromatic rings. The van der Waals surface area contributed by atoms with Crippen molar-refractivity contribution in [3.05, 3.63) is 17.5 Å². The average Bonchev–Trinajstić information content (AvgIpc) is 2.94. The summed E-state index contributed by atoms with van der Waals surface area (Å²) < 4.78 is 7.31. The summed E-state index contributed by atoms with van der Waals surface area (Å²) in [6.07, 6.45) is 3.90. The Kier molecular flexibility index (Phi) is 5.11. The molecule has 6 heteroatoms. The standard InChI is InChI=1S/C16H28N4O2/c1-12-13(11-19(5)18-12)9-17-10-14-7-6-8-20(14)15(21)22-16(2,3)4/h11,14,17H,6-10H2,1-5H3. The normalized spacial score (nSPS) is 18.8. The summed E-state index contributed by atoms with van der Waals surface area (Å²) in [6, 6.07) is 0.215. The van der Waals surface area contributed by atoms with Gasteiger partial charge in [0.2, 0.25) is 0 Å². The molecule has 6 nitrogen and oxygen atoms in total. The van der Waals surface area contributed by atoms with Crippen LogP contribution in [-0.4, -0.2) is 45.5 Å². The molecule has 1 amide bonds. The van der Waals surface area contributed by atoms with Crippen molar-refractivity contribution in [1.29, 1.82) is 0 Å². The fourth-order valence-electron chi connectivity index (χ4n) is 2.80. The Balaban J connectivity index is 1.84. The number of nitrogens with zero attached hydrogens (tertiary/aromatic N) is 3. The molecular weight excluding hydrogens is 280 g/mol. The smallest absolute Gasteiger partial charge is 0.410 e. The van der Waals surface area contributed by atoms with Gasteiger partial charge in [0.25, 0.3) is 0 Å². The van der Waals surface area contributed by atoms with Gasteiger partial charge >= 0.3 is 6.09 Å². The van der Waals surface area contributed by atoms with Gasteiger partial charge in [0, 0.05) is 44.5 Å². The van der Waals surface area contributed by atoms with Crippen LogP contribution in [0.1, 0.15) is 44.9 Å². The Morgan fingerprint density at radius 2 is 2.23 bits per heavy atom. The van der Waals surface area contributed by atoms with Gasteiger partial charge in [-0.05, 0) is 40.5 Å². The fraction of sp³-hybridized carbons (Fsp3) is 0.750. The topological polar surface area (TPSA) is 59.4 Å². The molecule has 0 radical (unpaired) electrons. The number of hydrogen-bond donors (Lipinski definition) is 1. The first kappa shape index (κ1) is 16.8. The number of aryl methyl sites for hydroxylation is 2. The van der Waals surface area contributed by atoms with Crippen LogP contribution >= 0.6 is 0 Å². The van der Waals surface area contributed by atoms with Crippen LogP contribution < -0.4 is 5.32 Å². The first-order chi connectivity index (χ1) is 10.3. The number of likely N-dealkylation sites (tertiary alicyclic amines) is 1. The molecule has 1 atom stereocenters. The van der Waals surface area contributed by atoms with E-state index in [1.165, 1.54) is 5.56 Å². The second-order valence-corrected chi connectivity index (χ2v) is 7.01. The lowest BCUT2D eigenvalue weighted by Crippen LogP contribution is -2.44. The minimum Gasteiger partial charge on any atom is -0.444 e. The zero-order valence-electron chi connectivity index (χ0n) is 14.3. The van der Waals surface area contributed by atoms with Gasteiger partial charge in [-0.15, -0.1) is 0 Å². The molecule has 2 rings (SSSR count). The minimum absolute atomic E-state index is 0.200. The van der Waals surface area contributed by atoms with E-state index < -0.39 is 5.60 Å². The van der Waals surface area contributed by atoms with Gasteiger partial charge in [-0.1, -0.05) is 0 Å². The van der Waals surface area contributed by atoms with Gasteiger partial charge in [-0.2, -0.15) is 5.10 Å². The van der Waals surface area contributed by atoms with E-state index in [1.54, 1.807) is 0 Å². The Labute approximate surface area is 132 Å². The number of rotatable bonds is 4. The first-order valence-corrected chi connectivity index (χ1v) is 7.96. The Morgan fingerprint density at radius 1 is 1.50 bits per heavy atom. The molecular formula is C16H28N4O2. The molecule has 1 aliphatic rings. The average molecular weight is 308 g/mol. The van der Waals surface area contributed by atoms with Gasteiger partial charge < -0.3 is 15.0 Å². The van der Waals surface area contributed by atoms with E-state index in [1.807, 2.05) is 50.5 Å². The lowest BCUT2D eigenvalue weighted by molar-refractivity contribution is 0.0226. The van der Waals surface area contributed by atoms with E-state index in [9.17, 15) is 4.79 Å². The van der Waals surface area contributed by atoms with Crippen LogP contribution in [-0.2, 0) is 18.3 Å². The fourth-order valence-corrected chi connectivity index (χ4v) is 2.80. The zero-order valence-corrected chi connectivity index (χ0v) is 14.3. The summed E-state index contributed by atoms with van der Waals surface area (Å²) in [4.78, 5) is 14.1. The Hall–Kier alpha value is -1.56. The second kappa shape index (κ2) is 6.69. The zero-order chi connectivity index (χ0) is 16.3. The van der Waals surface area contributed by atoms with Crippen molar-refractivity contribution in [2.45, 2.75) is 58.7 Å². The number of amides is 1. The van der Waals surface area contributed by atoms with Crippen LogP contribution in [0.25, 0.3) is 0 Å². The lowest BCUT2D eigenvalue weighted by Gasteiger charge is -2.28. The van der Waals surface area contributed by atoms with Gasteiger partial charge in [0.15, 0.2) is 0 Å².